The van der Waals surface area contributed by atoms with Gasteiger partial charge in [-0.3, -0.25) is 0 Å². The second-order valence-electron chi connectivity index (χ2n) is 6.97. The summed E-state index contributed by atoms with van der Waals surface area (Å²) in [6.07, 6.45) is 3.36. The normalized spacial score (nSPS) is 16.1. The second kappa shape index (κ2) is 6.82. The zero-order chi connectivity index (χ0) is 19.1. The van der Waals surface area contributed by atoms with Crippen LogP contribution in [0.3, 0.4) is 0 Å². The summed E-state index contributed by atoms with van der Waals surface area (Å²) in [7, 11) is 0. The van der Waals surface area contributed by atoms with E-state index in [0.717, 1.165) is 34.3 Å². The highest BCUT2D eigenvalue weighted by atomic mass is 32.1. The molecule has 0 saturated carbocycles. The van der Waals surface area contributed by atoms with E-state index in [1.807, 2.05) is 13.0 Å². The monoisotopic (exact) mass is 379 g/mol. The molecule has 0 unspecified atom stereocenters. The number of aryl methyl sites for hydroxylation is 2. The number of aromatic nitrogens is 2. The highest BCUT2D eigenvalue weighted by molar-refractivity contribution is 7.17. The number of carbonyl (C=O) groups is 1. The highest BCUT2D eigenvalue weighted by Crippen LogP contribution is 2.37. The van der Waals surface area contributed by atoms with E-state index in [0.29, 0.717) is 28.8 Å². The zero-order valence-electron chi connectivity index (χ0n) is 15.7. The molecule has 1 atom stereocenters. The fraction of sp³-hybridized carbons (Fsp3) is 0.381. The fourth-order valence-electron chi connectivity index (χ4n) is 3.95. The van der Waals surface area contributed by atoms with E-state index in [-0.39, 0.29) is 5.97 Å². The van der Waals surface area contributed by atoms with Crippen LogP contribution in [0.15, 0.2) is 18.2 Å². The summed E-state index contributed by atoms with van der Waals surface area (Å²) in [5.41, 5.74) is 4.51. The molecule has 1 aliphatic heterocycles. The summed E-state index contributed by atoms with van der Waals surface area (Å²) >= 11 is 1.32. The smallest absolute Gasteiger partial charge is 0.350 e. The molecule has 0 radical (unpaired) electrons. The number of hydrogen-bond donors (Lipinski definition) is 0. The number of nitrogens with zero attached hydrogens (tertiary/aromatic N) is 3. The first-order valence-corrected chi connectivity index (χ1v) is 10.1. The minimum atomic E-state index is -0.339. The Morgan fingerprint density at radius 3 is 3.00 bits per heavy atom. The van der Waals surface area contributed by atoms with E-state index in [1.54, 1.807) is 6.92 Å². The topological polar surface area (TPSA) is 67.9 Å². The van der Waals surface area contributed by atoms with Gasteiger partial charge in [0.25, 0.3) is 0 Å². The Morgan fingerprint density at radius 2 is 2.26 bits per heavy atom. The van der Waals surface area contributed by atoms with Gasteiger partial charge in [0, 0.05) is 22.7 Å². The maximum Gasteiger partial charge on any atom is 0.350 e. The van der Waals surface area contributed by atoms with Gasteiger partial charge in [-0.2, -0.15) is 5.26 Å². The van der Waals surface area contributed by atoms with Gasteiger partial charge in [0.15, 0.2) is 0 Å². The number of esters is 1. The summed E-state index contributed by atoms with van der Waals surface area (Å²) < 4.78 is 7.43. The number of rotatable bonds is 3. The lowest BCUT2D eigenvalue weighted by Crippen LogP contribution is -2.14. The number of ether oxygens (including phenoxy) is 1. The van der Waals surface area contributed by atoms with Crippen molar-refractivity contribution in [1.29, 1.82) is 5.26 Å². The molecule has 1 aliphatic rings. The van der Waals surface area contributed by atoms with Crippen LogP contribution >= 0.6 is 11.3 Å². The van der Waals surface area contributed by atoms with E-state index >= 15 is 0 Å². The Morgan fingerprint density at radius 1 is 1.44 bits per heavy atom. The minimum absolute atomic E-state index is 0.338. The summed E-state index contributed by atoms with van der Waals surface area (Å²) in [5.74, 6) is -0.339. The fourth-order valence-corrected chi connectivity index (χ4v) is 4.89. The maximum absolute atomic E-state index is 12.1. The molecule has 0 fully saturated rings. The third kappa shape index (κ3) is 2.92. The second-order valence-corrected chi connectivity index (χ2v) is 7.97. The Hall–Kier alpha value is -2.65. The number of thiazole rings is 1. The zero-order valence-corrected chi connectivity index (χ0v) is 16.5. The first kappa shape index (κ1) is 17.7. The van der Waals surface area contributed by atoms with Crippen molar-refractivity contribution in [3.8, 4) is 16.6 Å². The van der Waals surface area contributed by atoms with Crippen LogP contribution in [-0.4, -0.2) is 22.1 Å². The molecule has 3 heterocycles. The summed E-state index contributed by atoms with van der Waals surface area (Å²) in [5, 5.41) is 11.6. The number of fused-ring (bicyclic) bond motifs is 3. The third-order valence-corrected chi connectivity index (χ3v) is 6.32. The van der Waals surface area contributed by atoms with Crippen LogP contribution < -0.4 is 0 Å². The predicted octanol–water partition coefficient (Wildman–Crippen LogP) is 5.02. The first-order chi connectivity index (χ1) is 13.0. The predicted molar refractivity (Wildman–Crippen MR) is 106 cm³/mol. The molecule has 138 valence electrons. The van der Waals surface area contributed by atoms with Crippen molar-refractivity contribution in [1.82, 2.24) is 9.55 Å². The summed E-state index contributed by atoms with van der Waals surface area (Å²) in [4.78, 5) is 17.2. The van der Waals surface area contributed by atoms with E-state index < -0.39 is 0 Å². The molecule has 1 aromatic carbocycles. The summed E-state index contributed by atoms with van der Waals surface area (Å²) in [6, 6.07) is 8.94. The highest BCUT2D eigenvalue weighted by Gasteiger charge is 2.23. The van der Waals surface area contributed by atoms with Crippen LogP contribution in [0, 0.1) is 18.3 Å². The van der Waals surface area contributed by atoms with Crippen LogP contribution in [0.25, 0.3) is 21.5 Å². The van der Waals surface area contributed by atoms with Gasteiger partial charge in [0.2, 0.25) is 0 Å². The Bertz CT molecular complexity index is 1090. The van der Waals surface area contributed by atoms with Gasteiger partial charge in [0.05, 0.1) is 23.4 Å². The van der Waals surface area contributed by atoms with Gasteiger partial charge >= 0.3 is 5.97 Å². The average molecular weight is 379 g/mol. The number of nitriles is 1. The van der Waals surface area contributed by atoms with Crippen LogP contribution in [-0.2, 0) is 11.2 Å². The molecule has 27 heavy (non-hydrogen) atoms. The van der Waals surface area contributed by atoms with Crippen LogP contribution in [0.5, 0.6) is 0 Å². The molecular weight excluding hydrogens is 358 g/mol. The minimum Gasteiger partial charge on any atom is -0.462 e. The SMILES string of the molecule is CCOC(=O)c1sc(-c2cc(C#N)c3c(c2)cc2n3[C@@H](C)CCC2)nc1C. The first-order valence-electron chi connectivity index (χ1n) is 9.26. The Kier molecular flexibility index (Phi) is 4.48. The van der Waals surface area contributed by atoms with Crippen LogP contribution in [0.4, 0.5) is 0 Å². The van der Waals surface area contributed by atoms with Gasteiger partial charge < -0.3 is 9.30 Å². The van der Waals surface area contributed by atoms with Crippen molar-refractivity contribution in [2.45, 2.75) is 46.1 Å². The molecule has 4 rings (SSSR count). The van der Waals surface area contributed by atoms with Crippen molar-refractivity contribution in [3.05, 3.63) is 40.0 Å². The molecule has 0 amide bonds. The number of hydrogen-bond acceptors (Lipinski definition) is 5. The van der Waals surface area contributed by atoms with Crippen molar-refractivity contribution in [2.24, 2.45) is 0 Å². The molecule has 0 N–H and O–H groups in total. The molecule has 3 aromatic rings. The molecule has 0 aliphatic carbocycles. The van der Waals surface area contributed by atoms with Gasteiger partial charge in [-0.05, 0) is 58.2 Å². The van der Waals surface area contributed by atoms with E-state index in [4.69, 9.17) is 4.74 Å². The molecule has 6 heteroatoms. The average Bonchev–Trinajstić information content (AvgIpc) is 3.22. The van der Waals surface area contributed by atoms with Gasteiger partial charge in [0.1, 0.15) is 16.0 Å². The molecule has 0 spiro atoms. The molecule has 0 saturated heterocycles. The lowest BCUT2D eigenvalue weighted by atomic mass is 10.0. The van der Waals surface area contributed by atoms with Crippen molar-refractivity contribution >= 4 is 28.2 Å². The molecule has 2 aromatic heterocycles. The van der Waals surface area contributed by atoms with Gasteiger partial charge in [-0.15, -0.1) is 11.3 Å². The number of benzene rings is 1. The molecule has 5 nitrogen and oxygen atoms in total. The molecular formula is C21H21N3O2S. The Labute approximate surface area is 162 Å². The van der Waals surface area contributed by atoms with Crippen LogP contribution in [0.2, 0.25) is 0 Å². The number of carbonyl (C=O) groups excluding carboxylic acids is 1. The van der Waals surface area contributed by atoms with Crippen molar-refractivity contribution in [3.63, 3.8) is 0 Å². The van der Waals surface area contributed by atoms with Crippen molar-refractivity contribution < 1.29 is 9.53 Å². The van der Waals surface area contributed by atoms with E-state index in [9.17, 15) is 10.1 Å². The van der Waals surface area contributed by atoms with Gasteiger partial charge in [-0.25, -0.2) is 9.78 Å². The van der Waals surface area contributed by atoms with Gasteiger partial charge in [-0.1, -0.05) is 0 Å². The van der Waals surface area contributed by atoms with Crippen LogP contribution in [0.1, 0.15) is 59.4 Å². The van der Waals surface area contributed by atoms with E-state index in [2.05, 4.69) is 34.7 Å². The maximum atomic E-state index is 12.1. The quantitative estimate of drug-likeness (QED) is 0.599. The summed E-state index contributed by atoms with van der Waals surface area (Å²) in [6.45, 7) is 6.16. The van der Waals surface area contributed by atoms with E-state index in [1.165, 1.54) is 23.5 Å². The Balaban J connectivity index is 1.86. The lowest BCUT2D eigenvalue weighted by molar-refractivity contribution is 0.0531. The standard InChI is InChI=1S/C21H21N3O2S/c1-4-26-21(25)19-13(3)23-20(27-19)15-8-14-10-17-7-5-6-12(2)24(17)18(14)16(9-15)11-22/h8-10,12H,4-7H2,1-3H3/t12-/m0/s1. The molecule has 0 bridgehead atoms. The largest absolute Gasteiger partial charge is 0.462 e. The lowest BCUT2D eigenvalue weighted by Gasteiger charge is -2.24. The third-order valence-electron chi connectivity index (χ3n) is 5.13. The van der Waals surface area contributed by atoms with Crippen molar-refractivity contribution in [2.75, 3.05) is 6.61 Å².